The summed E-state index contributed by atoms with van der Waals surface area (Å²) >= 11 is 7.62. The van der Waals surface area contributed by atoms with Crippen molar-refractivity contribution in [1.29, 1.82) is 0 Å². The van der Waals surface area contributed by atoms with Gasteiger partial charge in [0.05, 0.1) is 9.94 Å². The molecule has 2 aliphatic heterocycles. The lowest BCUT2D eigenvalue weighted by Crippen LogP contribution is -2.46. The Bertz CT molecular complexity index is 447. The van der Waals surface area contributed by atoms with Crippen LogP contribution in [0.2, 0.25) is 4.34 Å². The minimum Gasteiger partial charge on any atom is -0.387 e. The number of halogens is 1. The summed E-state index contributed by atoms with van der Waals surface area (Å²) < 4.78 is 0.850. The topological polar surface area (TPSA) is 26.7 Å². The third-order valence-corrected chi connectivity index (χ3v) is 5.60. The number of β-amino-alcohol motifs (C(OH)–C–C–N with tert-alkyl or cyclic N) is 1. The number of hydrogen-bond acceptors (Lipinski definition) is 4. The number of piperidine rings is 1. The first-order valence-corrected chi connectivity index (χ1v) is 8.74. The Morgan fingerprint density at radius 3 is 2.65 bits per heavy atom. The van der Waals surface area contributed by atoms with Crippen LogP contribution in [0.5, 0.6) is 0 Å². The second kappa shape index (κ2) is 6.32. The monoisotopic (exact) mass is 314 g/mol. The van der Waals surface area contributed by atoms with Crippen LogP contribution >= 0.6 is 22.9 Å². The van der Waals surface area contributed by atoms with Gasteiger partial charge in [0.2, 0.25) is 0 Å². The highest BCUT2D eigenvalue weighted by atomic mass is 35.5. The summed E-state index contributed by atoms with van der Waals surface area (Å²) in [6.45, 7) is 5.85. The molecule has 2 saturated heterocycles. The Morgan fingerprint density at radius 1 is 1.15 bits per heavy atom. The van der Waals surface area contributed by atoms with Crippen LogP contribution in [-0.4, -0.2) is 53.2 Å². The van der Waals surface area contributed by atoms with Crippen molar-refractivity contribution in [3.05, 3.63) is 21.3 Å². The Hall–Kier alpha value is -0.130. The summed E-state index contributed by atoms with van der Waals surface area (Å²) in [5.41, 5.74) is -0.515. The predicted octanol–water partition coefficient (Wildman–Crippen LogP) is 2.82. The summed E-state index contributed by atoms with van der Waals surface area (Å²) in [6.07, 6.45) is 4.81. The van der Waals surface area contributed by atoms with E-state index >= 15 is 0 Å². The third kappa shape index (κ3) is 3.74. The molecule has 5 heteroatoms. The number of hydrogen-bond donors (Lipinski definition) is 1. The molecule has 0 unspecified atom stereocenters. The van der Waals surface area contributed by atoms with E-state index in [1.54, 1.807) is 11.3 Å². The van der Waals surface area contributed by atoms with Gasteiger partial charge in [-0.15, -0.1) is 11.3 Å². The zero-order chi connectivity index (χ0) is 14.0. The molecule has 1 N–H and O–H groups in total. The SMILES string of the molecule is O[C@@]1(CN2CCCCC2)CCN(Cc2ccc(Cl)s2)C1. The Balaban J connectivity index is 1.52. The second-order valence-corrected chi connectivity index (χ2v) is 8.03. The van der Waals surface area contributed by atoms with E-state index in [0.717, 1.165) is 50.0 Å². The van der Waals surface area contributed by atoms with Crippen molar-refractivity contribution in [3.63, 3.8) is 0 Å². The Morgan fingerprint density at radius 2 is 1.95 bits per heavy atom. The Kier molecular flexibility index (Phi) is 4.68. The molecule has 2 fully saturated rings. The lowest BCUT2D eigenvalue weighted by atomic mass is 10.0. The summed E-state index contributed by atoms with van der Waals surface area (Å²) in [7, 11) is 0. The average Bonchev–Trinajstić information content (AvgIpc) is 2.98. The molecule has 0 spiro atoms. The molecular weight excluding hydrogens is 292 g/mol. The number of thiophene rings is 1. The normalized spacial score (nSPS) is 29.1. The molecule has 20 heavy (non-hydrogen) atoms. The van der Waals surface area contributed by atoms with Gasteiger partial charge in [0, 0.05) is 31.1 Å². The number of aliphatic hydroxyl groups is 1. The maximum absolute atomic E-state index is 10.8. The van der Waals surface area contributed by atoms with E-state index in [0.29, 0.717) is 0 Å². The van der Waals surface area contributed by atoms with Crippen LogP contribution in [0.1, 0.15) is 30.6 Å². The van der Waals surface area contributed by atoms with Gasteiger partial charge in [-0.3, -0.25) is 4.90 Å². The first-order valence-electron chi connectivity index (χ1n) is 7.54. The number of likely N-dealkylation sites (tertiary alicyclic amines) is 2. The van der Waals surface area contributed by atoms with Crippen molar-refractivity contribution < 1.29 is 5.11 Å². The number of rotatable bonds is 4. The highest BCUT2D eigenvalue weighted by molar-refractivity contribution is 7.16. The standard InChI is InChI=1S/C15H23ClN2OS/c16-14-5-4-13(20-14)10-18-9-6-15(19,12-18)11-17-7-2-1-3-8-17/h4-5,19H,1-3,6-12H2/t15-/m1/s1. The minimum atomic E-state index is -0.515. The molecule has 1 aromatic heterocycles. The van der Waals surface area contributed by atoms with Gasteiger partial charge in [0.15, 0.2) is 0 Å². The lowest BCUT2D eigenvalue weighted by Gasteiger charge is -2.33. The fourth-order valence-corrected chi connectivity index (χ4v) is 4.53. The molecule has 0 bridgehead atoms. The molecule has 0 saturated carbocycles. The van der Waals surface area contributed by atoms with Gasteiger partial charge in [-0.2, -0.15) is 0 Å². The zero-order valence-electron chi connectivity index (χ0n) is 11.9. The highest BCUT2D eigenvalue weighted by Gasteiger charge is 2.37. The van der Waals surface area contributed by atoms with Gasteiger partial charge in [-0.05, 0) is 44.5 Å². The zero-order valence-corrected chi connectivity index (χ0v) is 13.4. The molecule has 2 aliphatic rings. The van der Waals surface area contributed by atoms with Crippen molar-refractivity contribution in [1.82, 2.24) is 9.80 Å². The first-order chi connectivity index (χ1) is 9.63. The lowest BCUT2D eigenvalue weighted by molar-refractivity contribution is 0.00641. The van der Waals surface area contributed by atoms with E-state index in [-0.39, 0.29) is 0 Å². The molecule has 1 aromatic rings. The van der Waals surface area contributed by atoms with Crippen LogP contribution < -0.4 is 0 Å². The van der Waals surface area contributed by atoms with Gasteiger partial charge >= 0.3 is 0 Å². The van der Waals surface area contributed by atoms with E-state index in [1.165, 1.54) is 24.1 Å². The van der Waals surface area contributed by atoms with Crippen molar-refractivity contribution in [2.75, 3.05) is 32.7 Å². The molecule has 3 nitrogen and oxygen atoms in total. The summed E-state index contributed by atoms with van der Waals surface area (Å²) in [5, 5.41) is 10.8. The quantitative estimate of drug-likeness (QED) is 0.926. The second-order valence-electron chi connectivity index (χ2n) is 6.23. The average molecular weight is 315 g/mol. The van der Waals surface area contributed by atoms with E-state index in [4.69, 9.17) is 11.6 Å². The van der Waals surface area contributed by atoms with Gasteiger partial charge < -0.3 is 10.0 Å². The molecule has 112 valence electrons. The van der Waals surface area contributed by atoms with Gasteiger partial charge in [-0.25, -0.2) is 0 Å². The molecule has 0 aromatic carbocycles. The molecular formula is C15H23ClN2OS. The smallest absolute Gasteiger partial charge is 0.0931 e. The molecule has 1 atom stereocenters. The van der Waals surface area contributed by atoms with Crippen LogP contribution in [0, 0.1) is 0 Å². The van der Waals surface area contributed by atoms with Crippen LogP contribution in [0.4, 0.5) is 0 Å². The third-order valence-electron chi connectivity index (χ3n) is 4.39. The van der Waals surface area contributed by atoms with E-state index in [9.17, 15) is 5.11 Å². The minimum absolute atomic E-state index is 0.515. The van der Waals surface area contributed by atoms with Crippen LogP contribution in [0.25, 0.3) is 0 Å². The van der Waals surface area contributed by atoms with E-state index in [1.807, 2.05) is 6.07 Å². The summed E-state index contributed by atoms with van der Waals surface area (Å²) in [6, 6.07) is 4.05. The van der Waals surface area contributed by atoms with Gasteiger partial charge in [0.25, 0.3) is 0 Å². The van der Waals surface area contributed by atoms with Crippen LogP contribution in [0.3, 0.4) is 0 Å². The van der Waals surface area contributed by atoms with Crippen molar-refractivity contribution in [2.24, 2.45) is 0 Å². The molecule has 0 amide bonds. The molecule has 3 heterocycles. The van der Waals surface area contributed by atoms with Crippen molar-refractivity contribution >= 4 is 22.9 Å². The maximum Gasteiger partial charge on any atom is 0.0931 e. The molecule has 0 radical (unpaired) electrons. The summed E-state index contributed by atoms with van der Waals surface area (Å²) in [4.78, 5) is 6.08. The van der Waals surface area contributed by atoms with Gasteiger partial charge in [-0.1, -0.05) is 18.0 Å². The van der Waals surface area contributed by atoms with Crippen LogP contribution in [0.15, 0.2) is 12.1 Å². The molecule has 0 aliphatic carbocycles. The largest absolute Gasteiger partial charge is 0.387 e. The van der Waals surface area contributed by atoms with E-state index in [2.05, 4.69) is 15.9 Å². The summed E-state index contributed by atoms with van der Waals surface area (Å²) in [5.74, 6) is 0. The van der Waals surface area contributed by atoms with E-state index < -0.39 is 5.60 Å². The van der Waals surface area contributed by atoms with Crippen molar-refractivity contribution in [2.45, 2.75) is 37.8 Å². The van der Waals surface area contributed by atoms with Crippen LogP contribution in [-0.2, 0) is 6.54 Å². The van der Waals surface area contributed by atoms with Crippen molar-refractivity contribution in [3.8, 4) is 0 Å². The first kappa shape index (κ1) is 14.8. The fraction of sp³-hybridized carbons (Fsp3) is 0.733. The Labute approximate surface area is 130 Å². The predicted molar refractivity (Wildman–Crippen MR) is 84.5 cm³/mol. The number of nitrogens with zero attached hydrogens (tertiary/aromatic N) is 2. The van der Waals surface area contributed by atoms with Gasteiger partial charge in [0.1, 0.15) is 0 Å². The highest BCUT2D eigenvalue weighted by Crippen LogP contribution is 2.28. The fourth-order valence-electron chi connectivity index (χ4n) is 3.40. The molecule has 3 rings (SSSR count). The maximum atomic E-state index is 10.8.